The lowest BCUT2D eigenvalue weighted by atomic mass is 10.1. The summed E-state index contributed by atoms with van der Waals surface area (Å²) in [6.07, 6.45) is 1.35. The zero-order chi connectivity index (χ0) is 20.6. The van der Waals surface area contributed by atoms with Gasteiger partial charge in [0.2, 0.25) is 0 Å². The van der Waals surface area contributed by atoms with E-state index in [-0.39, 0.29) is 5.57 Å². The Bertz CT molecular complexity index is 999. The Hall–Kier alpha value is -3.73. The van der Waals surface area contributed by atoms with Crippen molar-refractivity contribution in [1.29, 1.82) is 0 Å². The fourth-order valence-corrected chi connectivity index (χ4v) is 2.91. The van der Waals surface area contributed by atoms with Crippen LogP contribution in [-0.2, 0) is 14.3 Å². The van der Waals surface area contributed by atoms with Crippen molar-refractivity contribution in [3.05, 3.63) is 90.7 Å². The van der Waals surface area contributed by atoms with Crippen LogP contribution in [0.5, 0.6) is 11.5 Å². The molecule has 0 aliphatic heterocycles. The van der Waals surface area contributed by atoms with Crippen LogP contribution >= 0.6 is 0 Å². The summed E-state index contributed by atoms with van der Waals surface area (Å²) >= 11 is 0. The summed E-state index contributed by atoms with van der Waals surface area (Å²) in [5.74, 6) is 0.681. The van der Waals surface area contributed by atoms with Crippen LogP contribution in [-0.4, -0.2) is 27.2 Å². The van der Waals surface area contributed by atoms with Crippen molar-refractivity contribution in [2.45, 2.75) is 0 Å². The zero-order valence-electron chi connectivity index (χ0n) is 16.7. The minimum atomic E-state index is -0.500. The molecule has 0 saturated heterocycles. The van der Waals surface area contributed by atoms with Crippen molar-refractivity contribution in [3.8, 4) is 11.5 Å². The summed E-state index contributed by atoms with van der Waals surface area (Å²) < 4.78 is 16.1. The number of nitrogens with zero attached hydrogens (tertiary/aromatic N) is 1. The molecular formula is C24H23NO4. The summed E-state index contributed by atoms with van der Waals surface area (Å²) in [4.78, 5) is 14.2. The minimum Gasteiger partial charge on any atom is -0.503 e. The molecule has 0 fully saturated rings. The number of esters is 1. The largest absolute Gasteiger partial charge is 0.503 e. The van der Waals surface area contributed by atoms with Gasteiger partial charge in [-0.2, -0.15) is 0 Å². The van der Waals surface area contributed by atoms with Crippen LogP contribution in [0.3, 0.4) is 0 Å². The van der Waals surface area contributed by atoms with E-state index < -0.39 is 5.97 Å². The van der Waals surface area contributed by atoms with Gasteiger partial charge < -0.3 is 19.1 Å². The fraction of sp³-hybridized carbons (Fsp3) is 0.125. The van der Waals surface area contributed by atoms with Crippen LogP contribution in [0.2, 0.25) is 0 Å². The first-order valence-corrected chi connectivity index (χ1v) is 9.11. The van der Waals surface area contributed by atoms with E-state index in [4.69, 9.17) is 14.2 Å². The summed E-state index contributed by atoms with van der Waals surface area (Å²) in [6.45, 7) is 0. The van der Waals surface area contributed by atoms with E-state index in [2.05, 4.69) is 4.90 Å². The van der Waals surface area contributed by atoms with Gasteiger partial charge in [-0.3, -0.25) is 0 Å². The van der Waals surface area contributed by atoms with Crippen LogP contribution in [0, 0.1) is 0 Å². The Morgan fingerprint density at radius 1 is 0.862 bits per heavy atom. The predicted molar refractivity (Wildman–Crippen MR) is 114 cm³/mol. The van der Waals surface area contributed by atoms with E-state index >= 15 is 0 Å². The molecule has 0 unspecified atom stereocenters. The van der Waals surface area contributed by atoms with Crippen molar-refractivity contribution < 1.29 is 19.0 Å². The van der Waals surface area contributed by atoms with E-state index in [0.29, 0.717) is 17.1 Å². The van der Waals surface area contributed by atoms with Crippen LogP contribution < -0.4 is 9.64 Å². The van der Waals surface area contributed by atoms with Crippen LogP contribution in [0.25, 0.3) is 5.57 Å². The SMILES string of the molecule is CO/C=C(/C(=O)OC)c1ccccc1Oc1cccc(N(C)c2ccccc2)c1. The predicted octanol–water partition coefficient (Wildman–Crippen LogP) is 5.41. The molecule has 0 bridgehead atoms. The normalized spacial score (nSPS) is 10.9. The van der Waals surface area contributed by atoms with Crippen LogP contribution in [0.15, 0.2) is 85.1 Å². The molecule has 148 valence electrons. The van der Waals surface area contributed by atoms with Crippen molar-refractivity contribution in [1.82, 2.24) is 0 Å². The third kappa shape index (κ3) is 4.76. The van der Waals surface area contributed by atoms with Crippen molar-refractivity contribution in [3.63, 3.8) is 0 Å². The molecule has 3 aromatic carbocycles. The zero-order valence-corrected chi connectivity index (χ0v) is 16.7. The lowest BCUT2D eigenvalue weighted by Gasteiger charge is -2.20. The van der Waals surface area contributed by atoms with E-state index in [1.165, 1.54) is 20.5 Å². The molecule has 0 aliphatic carbocycles. The molecule has 5 heteroatoms. The molecular weight excluding hydrogens is 366 g/mol. The van der Waals surface area contributed by atoms with Crippen molar-refractivity contribution >= 4 is 22.9 Å². The third-order valence-electron chi connectivity index (χ3n) is 4.39. The Labute approximate surface area is 170 Å². The molecule has 0 atom stereocenters. The number of methoxy groups -OCH3 is 2. The Balaban J connectivity index is 1.92. The number of ether oxygens (including phenoxy) is 3. The molecule has 0 aliphatic rings. The molecule has 0 amide bonds. The Morgan fingerprint density at radius 2 is 1.55 bits per heavy atom. The number of anilines is 2. The summed E-state index contributed by atoms with van der Waals surface area (Å²) in [6, 6.07) is 25.1. The molecule has 0 saturated carbocycles. The number of benzene rings is 3. The molecule has 0 aromatic heterocycles. The second kappa shape index (κ2) is 9.46. The molecule has 29 heavy (non-hydrogen) atoms. The molecule has 0 radical (unpaired) electrons. The number of hydrogen-bond donors (Lipinski definition) is 0. The highest BCUT2D eigenvalue weighted by Gasteiger charge is 2.18. The van der Waals surface area contributed by atoms with Crippen LogP contribution in [0.4, 0.5) is 11.4 Å². The maximum Gasteiger partial charge on any atom is 0.341 e. The Kier molecular flexibility index (Phi) is 6.53. The maximum atomic E-state index is 12.2. The number of para-hydroxylation sites is 2. The van der Waals surface area contributed by atoms with Crippen LogP contribution in [0.1, 0.15) is 5.56 Å². The number of rotatable bonds is 7. The Morgan fingerprint density at radius 3 is 2.28 bits per heavy atom. The van der Waals surface area contributed by atoms with E-state index in [0.717, 1.165) is 11.4 Å². The highest BCUT2D eigenvalue weighted by atomic mass is 16.5. The van der Waals surface area contributed by atoms with Gasteiger partial charge in [-0.05, 0) is 30.3 Å². The average Bonchev–Trinajstić information content (AvgIpc) is 2.78. The third-order valence-corrected chi connectivity index (χ3v) is 4.39. The summed E-state index contributed by atoms with van der Waals surface area (Å²) in [5.41, 5.74) is 2.92. The quantitative estimate of drug-likeness (QED) is 0.307. The lowest BCUT2D eigenvalue weighted by Crippen LogP contribution is -2.09. The van der Waals surface area contributed by atoms with Gasteiger partial charge in [0, 0.05) is 30.1 Å². The summed E-state index contributed by atoms with van der Waals surface area (Å²) in [7, 11) is 4.81. The summed E-state index contributed by atoms with van der Waals surface area (Å²) in [5, 5.41) is 0. The number of hydrogen-bond acceptors (Lipinski definition) is 5. The molecule has 0 heterocycles. The molecule has 3 rings (SSSR count). The van der Waals surface area contributed by atoms with Gasteiger partial charge in [0.25, 0.3) is 0 Å². The van der Waals surface area contributed by atoms with Crippen molar-refractivity contribution in [2.75, 3.05) is 26.2 Å². The van der Waals surface area contributed by atoms with Gasteiger partial charge in [0.15, 0.2) is 0 Å². The highest BCUT2D eigenvalue weighted by molar-refractivity contribution is 6.17. The molecule has 0 N–H and O–H groups in total. The van der Waals surface area contributed by atoms with Gasteiger partial charge in [-0.15, -0.1) is 0 Å². The maximum absolute atomic E-state index is 12.2. The van der Waals surface area contributed by atoms with Gasteiger partial charge in [0.05, 0.1) is 20.5 Å². The van der Waals surface area contributed by atoms with E-state index in [9.17, 15) is 4.79 Å². The average molecular weight is 389 g/mol. The molecule has 0 spiro atoms. The van der Waals surface area contributed by atoms with E-state index in [1.807, 2.05) is 73.8 Å². The molecule has 5 nitrogen and oxygen atoms in total. The second-order valence-corrected chi connectivity index (χ2v) is 6.25. The first kappa shape index (κ1) is 20.0. The number of carbonyl (C=O) groups is 1. The highest BCUT2D eigenvalue weighted by Crippen LogP contribution is 2.33. The van der Waals surface area contributed by atoms with Gasteiger partial charge in [-0.25, -0.2) is 4.79 Å². The smallest absolute Gasteiger partial charge is 0.341 e. The van der Waals surface area contributed by atoms with Gasteiger partial charge >= 0.3 is 5.97 Å². The standard InChI is InChI=1S/C24H23NO4/c1-25(18-10-5-4-6-11-18)19-12-9-13-20(16-19)29-23-15-8-7-14-21(23)22(17-27-2)24(26)28-3/h4-17H,1-3H3/b22-17+. The van der Waals surface area contributed by atoms with Crippen molar-refractivity contribution in [2.24, 2.45) is 0 Å². The molecule has 3 aromatic rings. The topological polar surface area (TPSA) is 48.0 Å². The van der Waals surface area contributed by atoms with Gasteiger partial charge in [0.1, 0.15) is 17.1 Å². The first-order chi connectivity index (χ1) is 14.1. The fourth-order valence-electron chi connectivity index (χ4n) is 2.91. The lowest BCUT2D eigenvalue weighted by molar-refractivity contribution is -0.133. The first-order valence-electron chi connectivity index (χ1n) is 9.11. The number of carbonyl (C=O) groups excluding carboxylic acids is 1. The monoisotopic (exact) mass is 389 g/mol. The van der Waals surface area contributed by atoms with E-state index in [1.54, 1.807) is 12.1 Å². The minimum absolute atomic E-state index is 0.281. The second-order valence-electron chi connectivity index (χ2n) is 6.25. The van der Waals surface area contributed by atoms with Gasteiger partial charge in [-0.1, -0.05) is 42.5 Å².